The summed E-state index contributed by atoms with van der Waals surface area (Å²) < 4.78 is -1.63. The molecule has 0 aliphatic heterocycles. The highest BCUT2D eigenvalue weighted by Gasteiger charge is 2.71. The van der Waals surface area contributed by atoms with E-state index in [-0.39, 0.29) is 12.3 Å². The standard InChI is InChI=1S/C5H4Cl2O4.C5H10O2/c6-5(7)1(3(8)9)2(5)4(10)11;1-4(2)3-5(6)7/h1-2H,(H,8,9)(H,10,11);4H,3H2,1-2H3,(H,6,7). The molecule has 6 nitrogen and oxygen atoms in total. The molecule has 0 aromatic heterocycles. The molecule has 0 aromatic carbocycles. The molecule has 0 aromatic rings. The van der Waals surface area contributed by atoms with Gasteiger partial charge in [-0.05, 0) is 5.92 Å². The Morgan fingerprint density at radius 3 is 1.44 bits per heavy atom. The summed E-state index contributed by atoms with van der Waals surface area (Å²) in [6.07, 6.45) is 0.278. The van der Waals surface area contributed by atoms with Crippen LogP contribution in [0.3, 0.4) is 0 Å². The molecule has 0 spiro atoms. The molecule has 1 aliphatic rings. The van der Waals surface area contributed by atoms with Crippen LogP contribution in [0.4, 0.5) is 0 Å². The predicted octanol–water partition coefficient (Wildman–Crippen LogP) is 1.69. The van der Waals surface area contributed by atoms with Crippen LogP contribution in [0.15, 0.2) is 0 Å². The SMILES string of the molecule is CC(C)CC(=O)O.O=C(O)C1C(C(=O)O)C1(Cl)Cl. The second-order valence-electron chi connectivity index (χ2n) is 4.30. The lowest BCUT2D eigenvalue weighted by Crippen LogP contribution is -2.05. The highest BCUT2D eigenvalue weighted by atomic mass is 35.5. The molecule has 104 valence electrons. The van der Waals surface area contributed by atoms with Crippen molar-refractivity contribution in [3.05, 3.63) is 0 Å². The molecule has 3 N–H and O–H groups in total. The quantitative estimate of drug-likeness (QED) is 0.681. The van der Waals surface area contributed by atoms with Crippen molar-refractivity contribution in [1.82, 2.24) is 0 Å². The zero-order valence-corrected chi connectivity index (χ0v) is 11.3. The van der Waals surface area contributed by atoms with Crippen molar-refractivity contribution in [2.45, 2.75) is 24.6 Å². The van der Waals surface area contributed by atoms with Crippen molar-refractivity contribution >= 4 is 41.1 Å². The molecule has 1 saturated carbocycles. The number of hydrogen-bond donors (Lipinski definition) is 3. The first-order valence-electron chi connectivity index (χ1n) is 5.07. The minimum Gasteiger partial charge on any atom is -0.481 e. The summed E-state index contributed by atoms with van der Waals surface area (Å²) in [7, 11) is 0. The highest BCUT2D eigenvalue weighted by molar-refractivity contribution is 6.54. The Morgan fingerprint density at radius 1 is 1.06 bits per heavy atom. The van der Waals surface area contributed by atoms with Crippen molar-refractivity contribution in [3.8, 4) is 0 Å². The Bertz CT molecular complexity index is 330. The van der Waals surface area contributed by atoms with E-state index in [4.69, 9.17) is 38.5 Å². The van der Waals surface area contributed by atoms with Gasteiger partial charge in [-0.1, -0.05) is 37.0 Å². The van der Waals surface area contributed by atoms with E-state index in [1.165, 1.54) is 0 Å². The van der Waals surface area contributed by atoms with E-state index in [1.807, 2.05) is 13.8 Å². The first-order valence-corrected chi connectivity index (χ1v) is 5.82. The van der Waals surface area contributed by atoms with E-state index in [9.17, 15) is 14.4 Å². The smallest absolute Gasteiger partial charge is 0.310 e. The molecule has 2 unspecified atom stereocenters. The maximum atomic E-state index is 10.3. The average molecular weight is 301 g/mol. The second kappa shape index (κ2) is 6.24. The first-order chi connectivity index (χ1) is 8.01. The number of alkyl halides is 2. The minimum atomic E-state index is -1.63. The van der Waals surface area contributed by atoms with Crippen molar-refractivity contribution in [3.63, 3.8) is 0 Å². The number of halogens is 2. The molecule has 1 rings (SSSR count). The summed E-state index contributed by atoms with van der Waals surface area (Å²) in [6.45, 7) is 3.77. The lowest BCUT2D eigenvalue weighted by Gasteiger charge is -1.94. The van der Waals surface area contributed by atoms with Crippen molar-refractivity contribution < 1.29 is 29.7 Å². The lowest BCUT2D eigenvalue weighted by atomic mass is 10.1. The van der Waals surface area contributed by atoms with E-state index in [2.05, 4.69) is 0 Å². The van der Waals surface area contributed by atoms with Gasteiger partial charge >= 0.3 is 17.9 Å². The molecule has 0 bridgehead atoms. The summed E-state index contributed by atoms with van der Waals surface area (Å²) >= 11 is 10.7. The van der Waals surface area contributed by atoms with Crippen LogP contribution in [0.5, 0.6) is 0 Å². The molecular formula is C10H14Cl2O6. The number of aliphatic carboxylic acids is 3. The maximum Gasteiger partial charge on any atom is 0.310 e. The van der Waals surface area contributed by atoms with Gasteiger partial charge in [0.1, 0.15) is 16.2 Å². The van der Waals surface area contributed by atoms with Crippen molar-refractivity contribution in [2.24, 2.45) is 17.8 Å². The Balaban J connectivity index is 0.000000360. The molecule has 1 aliphatic carbocycles. The fourth-order valence-corrected chi connectivity index (χ4v) is 2.04. The summed E-state index contributed by atoms with van der Waals surface area (Å²) in [5, 5.41) is 24.8. The van der Waals surface area contributed by atoms with E-state index in [1.54, 1.807) is 0 Å². The minimum absolute atomic E-state index is 0.275. The molecule has 18 heavy (non-hydrogen) atoms. The number of rotatable bonds is 4. The third-order valence-corrected chi connectivity index (χ3v) is 3.11. The van der Waals surface area contributed by atoms with Crippen LogP contribution in [-0.4, -0.2) is 37.6 Å². The van der Waals surface area contributed by atoms with Gasteiger partial charge in [0.15, 0.2) is 0 Å². The van der Waals surface area contributed by atoms with Gasteiger partial charge in [0.25, 0.3) is 0 Å². The third-order valence-electron chi connectivity index (χ3n) is 2.17. The van der Waals surface area contributed by atoms with Gasteiger partial charge in [0.2, 0.25) is 0 Å². The van der Waals surface area contributed by atoms with Gasteiger partial charge in [0, 0.05) is 6.42 Å². The van der Waals surface area contributed by atoms with Crippen molar-refractivity contribution in [2.75, 3.05) is 0 Å². The molecule has 0 saturated heterocycles. The van der Waals surface area contributed by atoms with Crippen LogP contribution in [0.1, 0.15) is 20.3 Å². The Morgan fingerprint density at radius 2 is 1.39 bits per heavy atom. The fraction of sp³-hybridized carbons (Fsp3) is 0.700. The highest BCUT2D eigenvalue weighted by Crippen LogP contribution is 2.59. The zero-order chi connectivity index (χ0) is 14.7. The fourth-order valence-electron chi connectivity index (χ4n) is 1.29. The van der Waals surface area contributed by atoms with E-state index < -0.39 is 34.1 Å². The second-order valence-corrected chi connectivity index (χ2v) is 5.74. The summed E-state index contributed by atoms with van der Waals surface area (Å²) in [4.78, 5) is 30.3. The summed E-state index contributed by atoms with van der Waals surface area (Å²) in [5.41, 5.74) is 0. The van der Waals surface area contributed by atoms with Crippen LogP contribution in [0, 0.1) is 17.8 Å². The monoisotopic (exact) mass is 300 g/mol. The van der Waals surface area contributed by atoms with Gasteiger partial charge < -0.3 is 15.3 Å². The van der Waals surface area contributed by atoms with Gasteiger partial charge in [0.05, 0.1) is 0 Å². The van der Waals surface area contributed by atoms with Crippen LogP contribution in [0.2, 0.25) is 0 Å². The van der Waals surface area contributed by atoms with Gasteiger partial charge in [-0.15, -0.1) is 0 Å². The normalized spacial score (nSPS) is 23.8. The Hall–Kier alpha value is -1.01. The predicted molar refractivity (Wildman–Crippen MR) is 63.8 cm³/mol. The number of carboxylic acid groups (broad SMARTS) is 3. The van der Waals surface area contributed by atoms with Gasteiger partial charge in [-0.3, -0.25) is 14.4 Å². The van der Waals surface area contributed by atoms with Crippen LogP contribution >= 0.6 is 23.2 Å². The average Bonchev–Trinajstić information content (AvgIpc) is 2.67. The van der Waals surface area contributed by atoms with E-state index in [0.717, 1.165) is 0 Å². The Kier molecular flexibility index (Phi) is 5.89. The number of carbonyl (C=O) groups is 3. The molecule has 0 amide bonds. The van der Waals surface area contributed by atoms with Crippen molar-refractivity contribution in [1.29, 1.82) is 0 Å². The molecule has 0 heterocycles. The lowest BCUT2D eigenvalue weighted by molar-refractivity contribution is -0.144. The zero-order valence-electron chi connectivity index (χ0n) is 9.76. The topological polar surface area (TPSA) is 112 Å². The molecule has 2 atom stereocenters. The van der Waals surface area contributed by atoms with E-state index in [0.29, 0.717) is 0 Å². The van der Waals surface area contributed by atoms with E-state index >= 15 is 0 Å². The Labute approximate surface area is 113 Å². The summed E-state index contributed by atoms with van der Waals surface area (Å²) in [5.74, 6) is -5.34. The molecule has 8 heteroatoms. The largest absolute Gasteiger partial charge is 0.481 e. The molecular weight excluding hydrogens is 287 g/mol. The van der Waals surface area contributed by atoms with Crippen LogP contribution in [0.25, 0.3) is 0 Å². The molecule has 0 radical (unpaired) electrons. The number of hydrogen-bond acceptors (Lipinski definition) is 3. The molecule has 1 fully saturated rings. The van der Waals surface area contributed by atoms with Crippen LogP contribution < -0.4 is 0 Å². The maximum absolute atomic E-state index is 10.3. The first kappa shape index (κ1) is 17.0. The summed E-state index contributed by atoms with van der Waals surface area (Å²) in [6, 6.07) is 0. The number of carboxylic acids is 3. The van der Waals surface area contributed by atoms with Crippen LogP contribution in [-0.2, 0) is 14.4 Å². The third kappa shape index (κ3) is 4.70. The van der Waals surface area contributed by atoms with Gasteiger partial charge in [-0.2, -0.15) is 0 Å². The van der Waals surface area contributed by atoms with Gasteiger partial charge in [-0.25, -0.2) is 0 Å².